The summed E-state index contributed by atoms with van der Waals surface area (Å²) in [5, 5.41) is 0. The van der Waals surface area contributed by atoms with Crippen LogP contribution >= 0.6 is 0 Å². The van der Waals surface area contributed by atoms with Gasteiger partial charge < -0.3 is 0 Å². The molecule has 14 heteroatoms. The van der Waals surface area contributed by atoms with Crippen molar-refractivity contribution in [1.82, 2.24) is 0 Å². The molecule has 0 amide bonds. The number of rotatable bonds is 51. The normalized spacial score (nSPS) is 14.3. The van der Waals surface area contributed by atoms with Gasteiger partial charge in [0.25, 0.3) is 0 Å². The molecule has 0 aliphatic heterocycles. The molecule has 1 rings (SSSR count). The zero-order chi connectivity index (χ0) is 64.5. The van der Waals surface area contributed by atoms with Crippen molar-refractivity contribution < 1.29 is 18.9 Å². The zero-order valence-corrected chi connectivity index (χ0v) is 77.7. The van der Waals surface area contributed by atoms with E-state index in [1.54, 1.807) is 234 Å². The molecule has 498 valence electrons. The maximum absolute atomic E-state index is 3.46. The Hall–Kier alpha value is 2.64. The Labute approximate surface area is 565 Å². The summed E-state index contributed by atoms with van der Waals surface area (Å²) in [5.74, 6) is 0. The van der Waals surface area contributed by atoms with Gasteiger partial charge in [0.15, 0.2) is 0 Å². The van der Waals surface area contributed by atoms with Crippen molar-refractivity contribution in [2.75, 3.05) is 0 Å². The SMILES string of the molecule is C[Si](C)(C)CCC[Si](CCC[Si](C)(C)C)(CCC[Si](C)(C)C)CCC[Si](CCC[Si](CCC[Si](C)(C)C)(CCC[Si](C)(C)C)CCC[Si](C)(C)C)(CCC[Si](CCC[Si](C)(C)C)(CCC[Si](C)(C)C)CCC[Si](C)(C)C)CCc1cc[c-]cc1.[Li+]. The minimum absolute atomic E-state index is 0. The van der Waals surface area contributed by atoms with Crippen LogP contribution in [-0.4, -0.2) is 105 Å². The van der Waals surface area contributed by atoms with Gasteiger partial charge in [-0.15, -0.1) is 0 Å². The largest absolute Gasteiger partial charge is 1.00 e. The van der Waals surface area contributed by atoms with E-state index in [0.717, 1.165) is 0 Å². The van der Waals surface area contributed by atoms with Gasteiger partial charge in [0, 0.05) is 72.7 Å². The molecule has 0 heterocycles. The average molecular weight is 1390 g/mol. The third kappa shape index (κ3) is 48.9. The van der Waals surface area contributed by atoms with Crippen LogP contribution in [-0.2, 0) is 6.42 Å². The maximum Gasteiger partial charge on any atom is 1.00 e. The molecule has 0 saturated heterocycles. The number of benzene rings is 1. The van der Waals surface area contributed by atoms with Crippen LogP contribution in [0.3, 0.4) is 0 Å². The second kappa shape index (κ2) is 39.6. The summed E-state index contributed by atoms with van der Waals surface area (Å²) in [6.07, 6.45) is 20.3. The van der Waals surface area contributed by atoms with Gasteiger partial charge in [-0.3, -0.25) is 0 Å². The standard InChI is InChI=1S/C71H161Si13.Li/c1-72(2,3)46-31-55-81(56-32-47-73(4,5)6,57-33-48-74(7,8)9)64-40-67-84(70-45-71-43-29-28-30-44-71,68-41-65-82(58-34-49-75(10,11)12,59-35-50-76(13,14)15)60-36-51-77(16,17)18)69-42-66-83(61-37-52-78(19,20)21,62-38-53-79(22,23)24)63-39-54-80(25,26)27;/h29-30,43-44H,31-42,45-70H2,1-27H3;/q-1;+1. The molecule has 0 aliphatic carbocycles. The van der Waals surface area contributed by atoms with Crippen molar-refractivity contribution in [3.05, 3.63) is 35.9 Å². The van der Waals surface area contributed by atoms with Crippen LogP contribution in [0.1, 0.15) is 82.6 Å². The predicted octanol–water partition coefficient (Wildman–Crippen LogP) is 25.6. The maximum atomic E-state index is 3.46. The van der Waals surface area contributed by atoms with Gasteiger partial charge in [-0.2, -0.15) is 35.9 Å². The molecular weight excluding hydrogens is 1220 g/mol. The van der Waals surface area contributed by atoms with Crippen molar-refractivity contribution >= 4 is 105 Å². The first-order valence-corrected chi connectivity index (χ1v) is 81.7. The van der Waals surface area contributed by atoms with E-state index in [-0.39, 0.29) is 18.9 Å². The van der Waals surface area contributed by atoms with Gasteiger partial charge in [0.05, 0.1) is 32.3 Å². The summed E-state index contributed by atoms with van der Waals surface area (Å²) < 4.78 is 0. The Morgan fingerprint density at radius 2 is 0.329 bits per heavy atom. The van der Waals surface area contributed by atoms with Crippen molar-refractivity contribution in [3.63, 3.8) is 0 Å². The van der Waals surface area contributed by atoms with Crippen LogP contribution in [0.5, 0.6) is 0 Å². The van der Waals surface area contributed by atoms with E-state index in [1.807, 2.05) is 0 Å². The zero-order valence-electron chi connectivity index (χ0n) is 64.7. The Morgan fingerprint density at radius 3 is 0.471 bits per heavy atom. The fourth-order valence-electron chi connectivity index (χ4n) is 15.5. The molecule has 0 fully saturated rings. The number of aryl methyl sites for hydroxylation is 1. The fraction of sp³-hybridized carbons (Fsp3) is 0.915. The minimum atomic E-state index is -1.71. The van der Waals surface area contributed by atoms with E-state index in [9.17, 15) is 0 Å². The van der Waals surface area contributed by atoms with Crippen molar-refractivity contribution in [3.8, 4) is 0 Å². The van der Waals surface area contributed by atoms with Crippen molar-refractivity contribution in [2.45, 2.75) is 411 Å². The van der Waals surface area contributed by atoms with E-state index in [1.165, 1.54) is 6.42 Å². The van der Waals surface area contributed by atoms with Crippen LogP contribution in [0.15, 0.2) is 24.3 Å². The molecule has 1 aromatic rings. The monoisotopic (exact) mass is 1380 g/mol. The summed E-state index contributed by atoms with van der Waals surface area (Å²) in [7, 11) is -16.0. The Balaban J connectivity index is 0.0000706. The Bertz CT molecular complexity index is 1510. The number of hydrogen-bond donors (Lipinski definition) is 0. The van der Waals surface area contributed by atoms with Crippen LogP contribution in [0.25, 0.3) is 0 Å². The van der Waals surface area contributed by atoms with E-state index >= 15 is 0 Å². The molecule has 0 aliphatic rings. The molecule has 1 aromatic carbocycles. The van der Waals surface area contributed by atoms with Crippen LogP contribution in [0.4, 0.5) is 0 Å². The van der Waals surface area contributed by atoms with Gasteiger partial charge in [0.2, 0.25) is 0 Å². The van der Waals surface area contributed by atoms with Crippen molar-refractivity contribution in [2.24, 2.45) is 0 Å². The molecule has 0 unspecified atom stereocenters. The second-order valence-corrected chi connectivity index (χ2v) is 112. The van der Waals surface area contributed by atoms with Crippen LogP contribution in [0.2, 0.25) is 328 Å². The molecule has 0 N–H and O–H groups in total. The Morgan fingerprint density at radius 1 is 0.200 bits per heavy atom. The summed E-state index contributed by atoms with van der Waals surface area (Å²) in [5.41, 5.74) is 1.64. The van der Waals surface area contributed by atoms with Crippen molar-refractivity contribution in [1.29, 1.82) is 0 Å². The summed E-state index contributed by atoms with van der Waals surface area (Å²) in [6, 6.07) is 53.8. The number of hydrogen-bond acceptors (Lipinski definition) is 0. The second-order valence-electron chi connectivity index (χ2n) is 41.2. The van der Waals surface area contributed by atoms with E-state index < -0.39 is 105 Å². The first-order chi connectivity index (χ1) is 38.1. The smallest absolute Gasteiger partial charge is 0.184 e. The van der Waals surface area contributed by atoms with Crippen LogP contribution < -0.4 is 18.9 Å². The van der Waals surface area contributed by atoms with Gasteiger partial charge in [-0.1, -0.05) is 411 Å². The summed E-state index contributed by atoms with van der Waals surface area (Å²) >= 11 is 0. The minimum Gasteiger partial charge on any atom is -0.184 e. The van der Waals surface area contributed by atoms with E-state index in [2.05, 4.69) is 207 Å². The molecular formula is C71H161LiSi13. The Kier molecular flexibility index (Phi) is 40.8. The average Bonchev–Trinajstić information content (AvgIpc) is 3.27. The quantitative estimate of drug-likeness (QED) is 0.0450. The molecule has 85 heavy (non-hydrogen) atoms. The molecule has 0 saturated carbocycles. The predicted molar refractivity (Wildman–Crippen MR) is 438 cm³/mol. The van der Waals surface area contributed by atoms with Gasteiger partial charge in [0.1, 0.15) is 0 Å². The molecule has 0 bridgehead atoms. The van der Waals surface area contributed by atoms with Crippen LogP contribution in [0, 0.1) is 6.07 Å². The fourth-order valence-corrected chi connectivity index (χ4v) is 51.6. The molecule has 0 aromatic heterocycles. The summed E-state index contributed by atoms with van der Waals surface area (Å²) in [4.78, 5) is 0. The summed E-state index contributed by atoms with van der Waals surface area (Å²) in [6.45, 7) is 72.4. The first kappa shape index (κ1) is 87.6. The topological polar surface area (TPSA) is 0 Å². The van der Waals surface area contributed by atoms with E-state index in [4.69, 9.17) is 0 Å². The van der Waals surface area contributed by atoms with Gasteiger partial charge >= 0.3 is 18.9 Å². The van der Waals surface area contributed by atoms with E-state index in [0.29, 0.717) is 0 Å². The third-order valence-electron chi connectivity index (χ3n) is 20.7. The molecule has 0 nitrogen and oxygen atoms in total. The van der Waals surface area contributed by atoms with Gasteiger partial charge in [-0.25, -0.2) is 0 Å². The molecule has 0 atom stereocenters. The van der Waals surface area contributed by atoms with Gasteiger partial charge in [-0.05, 0) is 0 Å². The third-order valence-corrected chi connectivity index (χ3v) is 59.9. The first-order valence-electron chi connectivity index (χ1n) is 37.0. The molecule has 0 radical (unpaired) electrons. The molecule has 0 spiro atoms.